The van der Waals surface area contributed by atoms with Crippen molar-refractivity contribution in [3.8, 4) is 17.0 Å². The third-order valence-corrected chi connectivity index (χ3v) is 11.5. The number of hydrogen-bond acceptors (Lipinski definition) is 12. The molecule has 0 fully saturated rings. The number of hydrogen-bond donors (Lipinski definition) is 1. The van der Waals surface area contributed by atoms with E-state index < -0.39 is 10.1 Å². The SMILES string of the molecule is Cc1ccc(S(=O)(=O)OCCOCCOCCOCCOCCOc2cccc(CC(=O)Nc3nc(-c4ccc5c(ccn5C(=O)c5ccccc5C)c4)c(C)s3)c2)cc1. The van der Waals surface area contributed by atoms with Crippen molar-refractivity contribution in [3.05, 3.63) is 130 Å². The van der Waals surface area contributed by atoms with E-state index in [1.807, 2.05) is 93.6 Å². The molecule has 2 heterocycles. The lowest BCUT2D eigenvalue weighted by molar-refractivity contribution is -0.115. The third kappa shape index (κ3) is 12.6. The molecule has 0 spiro atoms. The molecule has 1 amide bonds. The smallest absolute Gasteiger partial charge is 0.297 e. The molecular weight excluding hydrogens is 807 g/mol. The van der Waals surface area contributed by atoms with Gasteiger partial charge in [-0.25, -0.2) is 4.98 Å². The number of nitrogens with one attached hydrogen (secondary N) is 1. The summed E-state index contributed by atoms with van der Waals surface area (Å²) in [5, 5.41) is 4.38. The summed E-state index contributed by atoms with van der Waals surface area (Å²) >= 11 is 1.41. The second-order valence-electron chi connectivity index (χ2n) is 13.8. The number of amides is 1. The minimum Gasteiger partial charge on any atom is -0.491 e. The average molecular weight is 856 g/mol. The predicted octanol–water partition coefficient (Wildman–Crippen LogP) is 7.41. The van der Waals surface area contributed by atoms with Crippen molar-refractivity contribution in [2.24, 2.45) is 0 Å². The number of rotatable bonds is 23. The maximum atomic E-state index is 13.3. The van der Waals surface area contributed by atoms with Gasteiger partial charge in [0.15, 0.2) is 5.13 Å². The van der Waals surface area contributed by atoms with E-state index in [4.69, 9.17) is 32.9 Å². The molecule has 13 nitrogen and oxygen atoms in total. The second-order valence-corrected chi connectivity index (χ2v) is 16.6. The largest absolute Gasteiger partial charge is 0.491 e. The van der Waals surface area contributed by atoms with Gasteiger partial charge in [0.2, 0.25) is 5.91 Å². The first-order valence-corrected chi connectivity index (χ1v) is 21.8. The van der Waals surface area contributed by atoms with Crippen molar-refractivity contribution in [1.29, 1.82) is 0 Å². The normalized spacial score (nSPS) is 11.6. The summed E-state index contributed by atoms with van der Waals surface area (Å²) in [5.74, 6) is 0.373. The number of aryl methyl sites for hydroxylation is 3. The Hall–Kier alpha value is -5.26. The van der Waals surface area contributed by atoms with Crippen molar-refractivity contribution in [2.75, 3.05) is 71.4 Å². The van der Waals surface area contributed by atoms with Gasteiger partial charge in [-0.1, -0.05) is 54.1 Å². The summed E-state index contributed by atoms with van der Waals surface area (Å²) in [5.41, 5.74) is 5.85. The van der Waals surface area contributed by atoms with Crippen LogP contribution in [-0.4, -0.2) is 95.9 Å². The van der Waals surface area contributed by atoms with E-state index in [0.717, 1.165) is 43.7 Å². The van der Waals surface area contributed by atoms with Crippen LogP contribution in [0, 0.1) is 20.8 Å². The third-order valence-electron chi connectivity index (χ3n) is 9.25. The zero-order valence-corrected chi connectivity index (χ0v) is 35.5. The van der Waals surface area contributed by atoms with Crippen LogP contribution in [0.15, 0.2) is 108 Å². The van der Waals surface area contributed by atoms with Crippen LogP contribution in [-0.2, 0) is 44.5 Å². The maximum absolute atomic E-state index is 13.3. The number of carbonyl (C=O) groups excluding carboxylic acids is 2. The number of benzene rings is 4. The van der Waals surface area contributed by atoms with Crippen molar-refractivity contribution in [1.82, 2.24) is 9.55 Å². The molecule has 0 radical (unpaired) electrons. The Balaban J connectivity index is 0.821. The quantitative estimate of drug-likeness (QED) is 0.0507. The molecule has 0 saturated heterocycles. The van der Waals surface area contributed by atoms with Crippen LogP contribution in [0.25, 0.3) is 22.2 Å². The van der Waals surface area contributed by atoms with E-state index in [-0.39, 0.29) is 36.3 Å². The molecule has 0 saturated carbocycles. The average Bonchev–Trinajstić information content (AvgIpc) is 3.83. The summed E-state index contributed by atoms with van der Waals surface area (Å²) in [6.07, 6.45) is 1.95. The zero-order chi connectivity index (χ0) is 42.3. The number of nitrogens with zero attached hydrogens (tertiary/aromatic N) is 2. The molecule has 0 atom stereocenters. The number of thiazole rings is 1. The number of aromatic nitrogens is 2. The van der Waals surface area contributed by atoms with E-state index in [1.54, 1.807) is 22.9 Å². The second kappa shape index (κ2) is 21.8. The van der Waals surface area contributed by atoms with E-state index in [0.29, 0.717) is 69.3 Å². The highest BCUT2D eigenvalue weighted by Gasteiger charge is 2.17. The topological polar surface area (TPSA) is 154 Å². The van der Waals surface area contributed by atoms with Gasteiger partial charge in [0.05, 0.1) is 82.0 Å². The molecule has 15 heteroatoms. The minimum absolute atomic E-state index is 0.0759. The van der Waals surface area contributed by atoms with E-state index in [2.05, 4.69) is 5.32 Å². The number of anilines is 1. The fourth-order valence-corrected chi connectivity index (χ4v) is 7.92. The Morgan fingerprint density at radius 3 is 2.08 bits per heavy atom. The Morgan fingerprint density at radius 2 is 1.38 bits per heavy atom. The summed E-state index contributed by atoms with van der Waals surface area (Å²) in [4.78, 5) is 32.1. The van der Waals surface area contributed by atoms with Crippen molar-refractivity contribution < 1.29 is 45.9 Å². The lowest BCUT2D eigenvalue weighted by Gasteiger charge is -2.10. The molecule has 1 N–H and O–H groups in total. The Kier molecular flexibility index (Phi) is 16.1. The van der Waals surface area contributed by atoms with Gasteiger partial charge in [-0.15, -0.1) is 11.3 Å². The van der Waals surface area contributed by atoms with E-state index in [9.17, 15) is 18.0 Å². The molecule has 0 aliphatic carbocycles. The van der Waals surface area contributed by atoms with Crippen LogP contribution in [0.3, 0.4) is 0 Å². The molecule has 4 aromatic carbocycles. The van der Waals surface area contributed by atoms with Gasteiger partial charge < -0.3 is 29.0 Å². The number of fused-ring (bicyclic) bond motifs is 1. The Bertz CT molecular complexity index is 2460. The Morgan fingerprint density at radius 1 is 0.717 bits per heavy atom. The van der Waals surface area contributed by atoms with Gasteiger partial charge in [-0.2, -0.15) is 8.42 Å². The molecule has 316 valence electrons. The summed E-state index contributed by atoms with van der Waals surface area (Å²) in [6, 6.07) is 29.2. The fourth-order valence-electron chi connectivity index (χ4n) is 6.18. The molecule has 0 aliphatic heterocycles. The molecular formula is C45H49N3O10S2. The van der Waals surface area contributed by atoms with Gasteiger partial charge in [0, 0.05) is 27.6 Å². The summed E-state index contributed by atoms with van der Waals surface area (Å²) in [7, 11) is -3.80. The number of carbonyl (C=O) groups is 2. The van der Waals surface area contributed by atoms with Gasteiger partial charge in [-0.05, 0) is 80.4 Å². The van der Waals surface area contributed by atoms with E-state index in [1.165, 1.54) is 23.5 Å². The predicted molar refractivity (Wildman–Crippen MR) is 231 cm³/mol. The van der Waals surface area contributed by atoms with Gasteiger partial charge in [0.25, 0.3) is 16.0 Å². The van der Waals surface area contributed by atoms with Crippen molar-refractivity contribution >= 4 is 49.3 Å². The first-order chi connectivity index (χ1) is 29.1. The highest BCUT2D eigenvalue weighted by molar-refractivity contribution is 7.86. The first kappa shape index (κ1) is 44.3. The number of ether oxygens (including phenoxy) is 5. The minimum atomic E-state index is -3.80. The molecule has 2 aromatic heterocycles. The van der Waals surface area contributed by atoms with Crippen LogP contribution >= 0.6 is 11.3 Å². The maximum Gasteiger partial charge on any atom is 0.297 e. The van der Waals surface area contributed by atoms with E-state index >= 15 is 0 Å². The molecule has 0 bridgehead atoms. The van der Waals surface area contributed by atoms with Crippen LogP contribution in [0.4, 0.5) is 5.13 Å². The van der Waals surface area contributed by atoms with Gasteiger partial charge in [-0.3, -0.25) is 18.3 Å². The highest BCUT2D eigenvalue weighted by atomic mass is 32.2. The monoisotopic (exact) mass is 855 g/mol. The molecule has 0 unspecified atom stereocenters. The van der Waals surface area contributed by atoms with Crippen LogP contribution in [0.5, 0.6) is 5.75 Å². The van der Waals surface area contributed by atoms with Gasteiger partial charge in [0.1, 0.15) is 12.4 Å². The zero-order valence-electron chi connectivity index (χ0n) is 33.9. The van der Waals surface area contributed by atoms with Crippen molar-refractivity contribution in [2.45, 2.75) is 32.1 Å². The molecule has 6 aromatic rings. The van der Waals surface area contributed by atoms with Crippen molar-refractivity contribution in [3.63, 3.8) is 0 Å². The van der Waals surface area contributed by atoms with Crippen LogP contribution < -0.4 is 10.1 Å². The summed E-state index contributed by atoms with van der Waals surface area (Å²) in [6.45, 7) is 8.76. The summed E-state index contributed by atoms with van der Waals surface area (Å²) < 4.78 is 58.8. The molecule has 60 heavy (non-hydrogen) atoms. The van der Waals surface area contributed by atoms with Gasteiger partial charge >= 0.3 is 0 Å². The molecule has 6 rings (SSSR count). The van der Waals surface area contributed by atoms with Crippen LogP contribution in [0.1, 0.15) is 31.9 Å². The Labute approximate surface area is 354 Å². The lowest BCUT2D eigenvalue weighted by atomic mass is 10.1. The highest BCUT2D eigenvalue weighted by Crippen LogP contribution is 2.33. The molecule has 0 aliphatic rings. The lowest BCUT2D eigenvalue weighted by Crippen LogP contribution is -2.15. The van der Waals surface area contributed by atoms with Crippen LogP contribution in [0.2, 0.25) is 0 Å². The first-order valence-electron chi connectivity index (χ1n) is 19.6. The standard InChI is InChI=1S/C45H49N3O10S2/c1-32-11-14-39(15-12-32)60(51,52)58-28-26-56-24-22-54-20-19-53-21-23-55-25-27-57-38-9-6-8-35(29-38)30-42(49)46-45-47-43(34(3)59-45)37-13-16-41-36(31-37)17-18-48(41)44(50)40-10-5-4-7-33(40)2/h4-18,29,31H,19-28,30H2,1-3H3,(H,46,47,49). The fraction of sp³-hybridized carbons (Fsp3) is 0.311.